The number of para-hydroxylation sites is 1. The van der Waals surface area contributed by atoms with Crippen LogP contribution >= 0.6 is 11.6 Å². The van der Waals surface area contributed by atoms with Crippen molar-refractivity contribution in [2.24, 2.45) is 0 Å². The lowest BCUT2D eigenvalue weighted by Crippen LogP contribution is -2.36. The molecule has 7 heteroatoms. The summed E-state index contributed by atoms with van der Waals surface area (Å²) in [5.74, 6) is -0.641. The second kappa shape index (κ2) is 10.3. The quantitative estimate of drug-likeness (QED) is 0.324. The summed E-state index contributed by atoms with van der Waals surface area (Å²) < 4.78 is 5.64. The number of nitrogens with one attached hydrogen (secondary N) is 2. The topological polar surface area (TPSA) is 85.7 Å². The van der Waals surface area contributed by atoms with Crippen LogP contribution in [0.1, 0.15) is 30.4 Å². The second-order valence-electron chi connectivity index (χ2n) is 7.09. The maximum atomic E-state index is 11.2. The summed E-state index contributed by atoms with van der Waals surface area (Å²) >= 11 is 5.92. The van der Waals surface area contributed by atoms with Gasteiger partial charge in [-0.25, -0.2) is 0 Å². The number of halogens is 1. The van der Waals surface area contributed by atoms with E-state index >= 15 is 0 Å². The van der Waals surface area contributed by atoms with Crippen LogP contribution in [0.5, 0.6) is 0 Å². The molecule has 1 unspecified atom stereocenters. The molecule has 3 rings (SSSR count). The molecule has 1 aliphatic heterocycles. The largest absolute Gasteiger partial charge is 0.480 e. The lowest BCUT2D eigenvalue weighted by atomic mass is 10.1. The van der Waals surface area contributed by atoms with E-state index < -0.39 is 5.97 Å². The van der Waals surface area contributed by atoms with Crippen LogP contribution < -0.4 is 5.32 Å². The number of likely N-dealkylation sites (tertiary alicyclic amines) is 1. The third-order valence-electron chi connectivity index (χ3n) is 5.05. The number of hydrogen-bond donors (Lipinski definition) is 3. The van der Waals surface area contributed by atoms with Crippen LogP contribution in [0, 0.1) is 5.41 Å². The van der Waals surface area contributed by atoms with Crippen molar-refractivity contribution < 1.29 is 14.6 Å². The van der Waals surface area contributed by atoms with E-state index in [1.54, 1.807) is 0 Å². The first kappa shape index (κ1) is 21.1. The lowest BCUT2D eigenvalue weighted by Gasteiger charge is -2.21. The fourth-order valence-corrected chi connectivity index (χ4v) is 3.65. The molecular formula is C22H26ClN3O3. The molecule has 3 N–H and O–H groups in total. The first-order valence-corrected chi connectivity index (χ1v) is 10.2. The highest BCUT2D eigenvalue weighted by atomic mass is 35.5. The minimum atomic E-state index is -0.753. The Morgan fingerprint density at radius 2 is 2.00 bits per heavy atom. The number of carbonyl (C=O) groups is 1. The Balaban J connectivity index is 1.49. The normalized spacial score (nSPS) is 16.5. The Labute approximate surface area is 175 Å². The summed E-state index contributed by atoms with van der Waals surface area (Å²) in [6.07, 6.45) is 2.31. The van der Waals surface area contributed by atoms with E-state index in [4.69, 9.17) is 21.7 Å². The third-order valence-corrected chi connectivity index (χ3v) is 5.30. The molecule has 1 atom stereocenters. The Morgan fingerprint density at radius 3 is 2.76 bits per heavy atom. The van der Waals surface area contributed by atoms with Crippen LogP contribution in [0.2, 0.25) is 5.02 Å². The van der Waals surface area contributed by atoms with Gasteiger partial charge in [-0.1, -0.05) is 35.9 Å². The van der Waals surface area contributed by atoms with Crippen molar-refractivity contribution in [1.29, 1.82) is 5.41 Å². The average molecular weight is 416 g/mol. The van der Waals surface area contributed by atoms with Crippen LogP contribution in [-0.4, -0.2) is 47.6 Å². The number of anilines is 1. The Bertz CT molecular complexity index is 841. The monoisotopic (exact) mass is 415 g/mol. The molecule has 1 fully saturated rings. The van der Waals surface area contributed by atoms with Gasteiger partial charge in [-0.05, 0) is 55.6 Å². The molecule has 154 valence electrons. The lowest BCUT2D eigenvalue weighted by molar-refractivity contribution is -0.142. The number of carboxylic acid groups (broad SMARTS) is 1. The van der Waals surface area contributed by atoms with Gasteiger partial charge >= 0.3 is 5.97 Å². The number of rotatable bonds is 9. The molecule has 0 amide bonds. The number of ether oxygens (including phenoxy) is 1. The Kier molecular flexibility index (Phi) is 7.49. The van der Waals surface area contributed by atoms with Crippen LogP contribution in [-0.2, 0) is 16.1 Å². The zero-order valence-electron chi connectivity index (χ0n) is 16.2. The average Bonchev–Trinajstić information content (AvgIpc) is 3.20. The zero-order valence-corrected chi connectivity index (χ0v) is 17.0. The van der Waals surface area contributed by atoms with Crippen molar-refractivity contribution >= 4 is 29.2 Å². The molecular weight excluding hydrogens is 390 g/mol. The van der Waals surface area contributed by atoms with Crippen molar-refractivity contribution in [3.8, 4) is 0 Å². The first-order valence-electron chi connectivity index (χ1n) is 9.80. The van der Waals surface area contributed by atoms with Gasteiger partial charge in [0, 0.05) is 23.8 Å². The van der Waals surface area contributed by atoms with Gasteiger partial charge in [0.1, 0.15) is 6.04 Å². The predicted molar refractivity (Wildman–Crippen MR) is 115 cm³/mol. The summed E-state index contributed by atoms with van der Waals surface area (Å²) in [7, 11) is 0. The third kappa shape index (κ3) is 5.95. The smallest absolute Gasteiger partial charge is 0.320 e. The van der Waals surface area contributed by atoms with E-state index in [-0.39, 0.29) is 11.9 Å². The predicted octanol–water partition coefficient (Wildman–Crippen LogP) is 4.23. The minimum absolute atomic E-state index is 0.111. The molecule has 2 aromatic carbocycles. The summed E-state index contributed by atoms with van der Waals surface area (Å²) in [5, 5.41) is 21.6. The van der Waals surface area contributed by atoms with Crippen molar-refractivity contribution in [3.63, 3.8) is 0 Å². The fourth-order valence-electron chi connectivity index (χ4n) is 3.53. The standard InChI is InChI=1S/C22H26ClN3O3/c23-17-10-8-16(9-11-17)15-25-19-6-2-1-5-18(19)21(24)29-14-4-13-26-12-3-7-20(26)22(27)28/h1-2,5-6,8-11,20,24-25H,3-4,7,12-15H2,(H,27,28). The van der Waals surface area contributed by atoms with E-state index in [1.807, 2.05) is 53.4 Å². The Hall–Kier alpha value is -2.57. The number of benzene rings is 2. The van der Waals surface area contributed by atoms with E-state index in [1.165, 1.54) is 0 Å². The first-order chi connectivity index (χ1) is 14.0. The van der Waals surface area contributed by atoms with Gasteiger partial charge in [0.25, 0.3) is 0 Å². The molecule has 6 nitrogen and oxygen atoms in total. The molecule has 0 aliphatic carbocycles. The van der Waals surface area contributed by atoms with Gasteiger partial charge in [-0.15, -0.1) is 0 Å². The summed E-state index contributed by atoms with van der Waals surface area (Å²) in [4.78, 5) is 13.2. The van der Waals surface area contributed by atoms with E-state index in [2.05, 4.69) is 5.32 Å². The summed E-state index contributed by atoms with van der Waals surface area (Å²) in [5.41, 5.74) is 2.62. The molecule has 2 aromatic rings. The summed E-state index contributed by atoms with van der Waals surface area (Å²) in [6, 6.07) is 14.8. The van der Waals surface area contributed by atoms with Crippen molar-refractivity contribution in [3.05, 3.63) is 64.7 Å². The van der Waals surface area contributed by atoms with Crippen molar-refractivity contribution in [2.45, 2.75) is 31.8 Å². The van der Waals surface area contributed by atoms with E-state index in [0.717, 1.165) is 24.2 Å². The molecule has 0 aromatic heterocycles. The second-order valence-corrected chi connectivity index (χ2v) is 7.53. The molecule has 29 heavy (non-hydrogen) atoms. The van der Waals surface area contributed by atoms with Crippen LogP contribution in [0.15, 0.2) is 48.5 Å². The zero-order chi connectivity index (χ0) is 20.6. The van der Waals surface area contributed by atoms with Gasteiger partial charge in [0.05, 0.1) is 12.2 Å². The summed E-state index contributed by atoms with van der Waals surface area (Å²) in [6.45, 7) is 2.48. The number of hydrogen-bond acceptors (Lipinski definition) is 5. The van der Waals surface area contributed by atoms with E-state index in [0.29, 0.717) is 43.1 Å². The van der Waals surface area contributed by atoms with Gasteiger partial charge < -0.3 is 15.2 Å². The van der Waals surface area contributed by atoms with Crippen molar-refractivity contribution in [2.75, 3.05) is 25.0 Å². The van der Waals surface area contributed by atoms with Crippen molar-refractivity contribution in [1.82, 2.24) is 4.90 Å². The van der Waals surface area contributed by atoms with E-state index in [9.17, 15) is 9.90 Å². The molecule has 0 spiro atoms. The van der Waals surface area contributed by atoms with Crippen LogP contribution in [0.3, 0.4) is 0 Å². The molecule has 0 radical (unpaired) electrons. The number of carboxylic acids is 1. The number of aliphatic carboxylic acids is 1. The molecule has 1 saturated heterocycles. The molecule has 0 bridgehead atoms. The van der Waals surface area contributed by atoms with Gasteiger partial charge in [-0.3, -0.25) is 15.1 Å². The van der Waals surface area contributed by atoms with Gasteiger partial charge in [-0.2, -0.15) is 0 Å². The molecule has 0 saturated carbocycles. The maximum Gasteiger partial charge on any atom is 0.320 e. The van der Waals surface area contributed by atoms with Crippen LogP contribution in [0.4, 0.5) is 5.69 Å². The fraction of sp³-hybridized carbons (Fsp3) is 0.364. The number of nitrogens with zero attached hydrogens (tertiary/aromatic N) is 1. The SMILES string of the molecule is N=C(OCCCN1CCCC1C(=O)O)c1ccccc1NCc1ccc(Cl)cc1. The highest BCUT2D eigenvalue weighted by molar-refractivity contribution is 6.30. The highest BCUT2D eigenvalue weighted by Gasteiger charge is 2.29. The Morgan fingerprint density at radius 1 is 1.24 bits per heavy atom. The molecule has 1 aliphatic rings. The molecule has 1 heterocycles. The maximum absolute atomic E-state index is 11.2. The highest BCUT2D eigenvalue weighted by Crippen LogP contribution is 2.19. The van der Waals surface area contributed by atoms with Crippen LogP contribution in [0.25, 0.3) is 0 Å². The van der Waals surface area contributed by atoms with Gasteiger partial charge in [0.2, 0.25) is 5.90 Å². The minimum Gasteiger partial charge on any atom is -0.480 e. The van der Waals surface area contributed by atoms with Gasteiger partial charge in [0.15, 0.2) is 0 Å².